The Balaban J connectivity index is 3.21. The smallest absolute Gasteiger partial charge is 0.355 e. The summed E-state index contributed by atoms with van der Waals surface area (Å²) in [5, 5.41) is 0. The lowest BCUT2D eigenvalue weighted by Gasteiger charge is -2.11. The van der Waals surface area contributed by atoms with E-state index in [0.717, 1.165) is 7.11 Å². The number of methoxy groups -OCH3 is 1. The molecule has 18 heavy (non-hydrogen) atoms. The molecule has 0 unspecified atom stereocenters. The summed E-state index contributed by atoms with van der Waals surface area (Å²) in [5.74, 6) is -4.39. The zero-order valence-corrected chi connectivity index (χ0v) is 10.4. The fourth-order valence-electron chi connectivity index (χ4n) is 1.22. The molecule has 0 radical (unpaired) electrons. The van der Waals surface area contributed by atoms with E-state index in [1.807, 2.05) is 0 Å². The van der Waals surface area contributed by atoms with Crippen molar-refractivity contribution >= 4 is 21.7 Å². The van der Waals surface area contributed by atoms with Crippen LogP contribution in [0, 0.1) is 6.92 Å². The largest absolute Gasteiger partial charge is 0.465 e. The molecule has 0 amide bonds. The van der Waals surface area contributed by atoms with Gasteiger partial charge in [-0.3, -0.25) is 4.72 Å². The minimum absolute atomic E-state index is 0.123. The fourth-order valence-corrected chi connectivity index (χ4v) is 1.80. The van der Waals surface area contributed by atoms with Gasteiger partial charge in [-0.15, -0.1) is 0 Å². The van der Waals surface area contributed by atoms with Crippen LogP contribution < -0.4 is 4.72 Å². The zero-order valence-electron chi connectivity index (χ0n) is 9.61. The van der Waals surface area contributed by atoms with E-state index in [2.05, 4.69) is 4.74 Å². The third-order valence-electron chi connectivity index (χ3n) is 2.07. The molecule has 0 spiro atoms. The second-order valence-electron chi connectivity index (χ2n) is 3.45. The van der Waals surface area contributed by atoms with Gasteiger partial charge >= 0.3 is 11.7 Å². The number of anilines is 1. The molecule has 8 heteroatoms. The Bertz CT molecular complexity index is 557. The number of carbonyl (C=O) groups is 1. The molecular formula is C10H11F2NO4S. The van der Waals surface area contributed by atoms with Crippen LogP contribution in [-0.4, -0.2) is 27.3 Å². The van der Waals surface area contributed by atoms with Gasteiger partial charge in [0.2, 0.25) is 0 Å². The van der Waals surface area contributed by atoms with Crippen molar-refractivity contribution in [2.24, 2.45) is 0 Å². The Morgan fingerprint density at radius 1 is 1.39 bits per heavy atom. The lowest BCUT2D eigenvalue weighted by molar-refractivity contribution is 0.0602. The molecule has 0 bridgehead atoms. The van der Waals surface area contributed by atoms with Crippen LogP contribution in [0.25, 0.3) is 0 Å². The summed E-state index contributed by atoms with van der Waals surface area (Å²) in [6.45, 7) is 1.66. The fraction of sp³-hybridized carbons (Fsp3) is 0.300. The summed E-state index contributed by atoms with van der Waals surface area (Å²) in [6, 6.07) is 4.05. The summed E-state index contributed by atoms with van der Waals surface area (Å²) in [6.07, 6.45) is 0. The Labute approximate surface area is 103 Å². The average molecular weight is 279 g/mol. The molecule has 5 nitrogen and oxygen atoms in total. The number of hydrogen-bond acceptors (Lipinski definition) is 4. The van der Waals surface area contributed by atoms with E-state index >= 15 is 0 Å². The molecule has 0 atom stereocenters. The SMILES string of the molecule is COC(=O)c1cc(C)ccc1NS(=O)(=O)C(F)F. The number of halogens is 2. The van der Waals surface area contributed by atoms with E-state index in [-0.39, 0.29) is 11.3 Å². The topological polar surface area (TPSA) is 72.5 Å². The molecule has 0 aliphatic heterocycles. The van der Waals surface area contributed by atoms with Gasteiger partial charge in [-0.25, -0.2) is 13.2 Å². The average Bonchev–Trinajstić information content (AvgIpc) is 2.30. The van der Waals surface area contributed by atoms with E-state index in [1.54, 1.807) is 11.6 Å². The minimum Gasteiger partial charge on any atom is -0.465 e. The summed E-state index contributed by atoms with van der Waals surface area (Å²) >= 11 is 0. The summed E-state index contributed by atoms with van der Waals surface area (Å²) < 4.78 is 52.6. The molecule has 100 valence electrons. The lowest BCUT2D eigenvalue weighted by Crippen LogP contribution is -2.22. The van der Waals surface area contributed by atoms with Gasteiger partial charge in [-0.1, -0.05) is 11.6 Å². The van der Waals surface area contributed by atoms with Crippen LogP contribution in [0.2, 0.25) is 0 Å². The van der Waals surface area contributed by atoms with Gasteiger partial charge in [0.15, 0.2) is 0 Å². The van der Waals surface area contributed by atoms with E-state index in [1.165, 1.54) is 18.2 Å². The van der Waals surface area contributed by atoms with Crippen LogP contribution in [0.5, 0.6) is 0 Å². The van der Waals surface area contributed by atoms with E-state index < -0.39 is 21.8 Å². The molecule has 1 rings (SSSR count). The second-order valence-corrected chi connectivity index (χ2v) is 5.10. The van der Waals surface area contributed by atoms with Crippen LogP contribution in [0.4, 0.5) is 14.5 Å². The number of benzene rings is 1. The zero-order chi connectivity index (χ0) is 13.9. The van der Waals surface area contributed by atoms with Gasteiger partial charge < -0.3 is 4.74 Å². The maximum absolute atomic E-state index is 12.2. The van der Waals surface area contributed by atoms with Gasteiger partial charge in [0.05, 0.1) is 18.4 Å². The normalized spacial score (nSPS) is 11.4. The van der Waals surface area contributed by atoms with E-state index in [0.29, 0.717) is 5.56 Å². The number of carbonyl (C=O) groups excluding carboxylic acids is 1. The number of alkyl halides is 2. The minimum atomic E-state index is -4.82. The first kappa shape index (κ1) is 14.4. The van der Waals surface area contributed by atoms with Gasteiger partial charge in [-0.05, 0) is 19.1 Å². The Morgan fingerprint density at radius 2 is 2.00 bits per heavy atom. The number of sulfonamides is 1. The molecule has 0 saturated heterocycles. The predicted molar refractivity (Wildman–Crippen MR) is 61.1 cm³/mol. The van der Waals surface area contributed by atoms with E-state index in [9.17, 15) is 22.0 Å². The highest BCUT2D eigenvalue weighted by Gasteiger charge is 2.26. The van der Waals surface area contributed by atoms with Crippen molar-refractivity contribution in [2.75, 3.05) is 11.8 Å². The maximum Gasteiger partial charge on any atom is 0.355 e. The molecule has 1 N–H and O–H groups in total. The summed E-state index contributed by atoms with van der Waals surface area (Å²) in [7, 11) is -3.71. The van der Waals surface area contributed by atoms with Gasteiger partial charge in [-0.2, -0.15) is 8.78 Å². The van der Waals surface area contributed by atoms with Crippen LogP contribution in [0.1, 0.15) is 15.9 Å². The molecule has 0 aliphatic carbocycles. The molecule has 1 aromatic rings. The molecule has 1 aromatic carbocycles. The van der Waals surface area contributed by atoms with Crippen molar-refractivity contribution in [3.8, 4) is 0 Å². The molecule has 0 fully saturated rings. The number of esters is 1. The van der Waals surface area contributed by atoms with Gasteiger partial charge in [0, 0.05) is 0 Å². The molecular weight excluding hydrogens is 268 g/mol. The van der Waals surface area contributed by atoms with Gasteiger partial charge in [0.25, 0.3) is 10.0 Å². The first-order chi connectivity index (χ1) is 8.27. The van der Waals surface area contributed by atoms with Crippen molar-refractivity contribution < 1.29 is 26.7 Å². The Hall–Kier alpha value is -1.70. The molecule has 0 aromatic heterocycles. The molecule has 0 aliphatic rings. The number of nitrogens with one attached hydrogen (secondary N) is 1. The van der Waals surface area contributed by atoms with Crippen LogP contribution >= 0.6 is 0 Å². The molecule has 0 saturated carbocycles. The number of rotatable bonds is 4. The van der Waals surface area contributed by atoms with Gasteiger partial charge in [0.1, 0.15) is 0 Å². The highest BCUT2D eigenvalue weighted by molar-refractivity contribution is 7.93. The standard InChI is InChI=1S/C10H11F2NO4S/c1-6-3-4-8(7(5-6)9(14)17-2)13-18(15,16)10(11)12/h3-5,10,13H,1-2H3. The van der Waals surface area contributed by atoms with E-state index in [4.69, 9.17) is 0 Å². The Morgan fingerprint density at radius 3 is 2.50 bits per heavy atom. The number of aryl methyl sites for hydroxylation is 1. The first-order valence-electron chi connectivity index (χ1n) is 4.76. The summed E-state index contributed by atoms with van der Waals surface area (Å²) in [4.78, 5) is 11.4. The highest BCUT2D eigenvalue weighted by Crippen LogP contribution is 2.21. The van der Waals surface area contributed by atoms with Crippen molar-refractivity contribution in [3.63, 3.8) is 0 Å². The van der Waals surface area contributed by atoms with Crippen LogP contribution in [0.15, 0.2) is 18.2 Å². The Kier molecular flexibility index (Phi) is 4.23. The van der Waals surface area contributed by atoms with Crippen LogP contribution in [-0.2, 0) is 14.8 Å². The van der Waals surface area contributed by atoms with Crippen molar-refractivity contribution in [3.05, 3.63) is 29.3 Å². The summed E-state index contributed by atoms with van der Waals surface area (Å²) in [5.41, 5.74) is 0.296. The highest BCUT2D eigenvalue weighted by atomic mass is 32.2. The monoisotopic (exact) mass is 279 g/mol. The molecule has 0 heterocycles. The quantitative estimate of drug-likeness (QED) is 0.852. The lowest BCUT2D eigenvalue weighted by atomic mass is 10.1. The third kappa shape index (κ3) is 3.16. The maximum atomic E-state index is 12.2. The van der Waals surface area contributed by atoms with Crippen molar-refractivity contribution in [1.82, 2.24) is 0 Å². The third-order valence-corrected chi connectivity index (χ3v) is 3.04. The van der Waals surface area contributed by atoms with Crippen molar-refractivity contribution in [2.45, 2.75) is 12.7 Å². The first-order valence-corrected chi connectivity index (χ1v) is 6.31. The van der Waals surface area contributed by atoms with Crippen molar-refractivity contribution in [1.29, 1.82) is 0 Å². The number of ether oxygens (including phenoxy) is 1. The second kappa shape index (κ2) is 5.30. The number of hydrogen-bond donors (Lipinski definition) is 1. The predicted octanol–water partition coefficient (Wildman–Crippen LogP) is 1.75. The van der Waals surface area contributed by atoms with Crippen LogP contribution in [0.3, 0.4) is 0 Å².